The zero-order valence-electron chi connectivity index (χ0n) is 21.1. The lowest BCUT2D eigenvalue weighted by molar-refractivity contribution is 0.102. The van der Waals surface area contributed by atoms with Gasteiger partial charge in [-0.1, -0.05) is 73.7 Å². The highest BCUT2D eigenvalue weighted by Crippen LogP contribution is 2.30. The molecule has 6 rings (SSSR count). The van der Waals surface area contributed by atoms with Gasteiger partial charge in [0.15, 0.2) is 0 Å². The number of benzene rings is 3. The van der Waals surface area contributed by atoms with Crippen molar-refractivity contribution in [3.8, 4) is 22.5 Å². The molecule has 3 aromatic heterocycles. The van der Waals surface area contributed by atoms with E-state index >= 15 is 0 Å². The summed E-state index contributed by atoms with van der Waals surface area (Å²) < 4.78 is 2.00. The molecule has 2 N–H and O–H groups in total. The first-order valence-electron chi connectivity index (χ1n) is 12.5. The number of tetrazole rings is 1. The highest BCUT2D eigenvalue weighted by Gasteiger charge is 2.18. The second kappa shape index (κ2) is 10.5. The number of nitrogens with one attached hydrogen (secondary N) is 2. The van der Waals surface area contributed by atoms with Crippen molar-refractivity contribution in [1.82, 2.24) is 25.2 Å². The maximum atomic E-state index is 13.3. The standard InChI is InChI=1S/C30H24N6O2S/c1-2-22-16-25-27(37)26(29(38)31-21-8-4-3-5-9-21)18-36(30(25)39-22)17-19-12-14-20(15-13-19)23-10-6-7-11-24(23)28-32-34-35-33-28/h3-16,18H,2,17H2,1H3,(H,31,38)(H,32,33,34,35). The minimum atomic E-state index is -0.417. The monoisotopic (exact) mass is 532 g/mol. The Bertz CT molecular complexity index is 1820. The van der Waals surface area contributed by atoms with Crippen LogP contribution in [0.3, 0.4) is 0 Å². The number of hydrogen-bond donors (Lipinski definition) is 2. The Hall–Kier alpha value is -4.89. The van der Waals surface area contributed by atoms with E-state index in [2.05, 4.69) is 57.1 Å². The number of amides is 1. The van der Waals surface area contributed by atoms with Gasteiger partial charge in [-0.25, -0.2) is 0 Å². The van der Waals surface area contributed by atoms with E-state index in [1.807, 2.05) is 53.1 Å². The molecule has 0 fully saturated rings. The molecule has 0 saturated carbocycles. The molecule has 0 aliphatic rings. The molecule has 3 aromatic carbocycles. The number of anilines is 1. The van der Waals surface area contributed by atoms with Gasteiger partial charge in [-0.3, -0.25) is 9.59 Å². The zero-order chi connectivity index (χ0) is 26.8. The van der Waals surface area contributed by atoms with E-state index in [-0.39, 0.29) is 11.0 Å². The molecule has 0 aliphatic carbocycles. The summed E-state index contributed by atoms with van der Waals surface area (Å²) in [7, 11) is 0. The normalized spacial score (nSPS) is 11.1. The zero-order valence-corrected chi connectivity index (χ0v) is 21.9. The SMILES string of the molecule is CCc1cc2c(=O)c(C(=O)Nc3ccccc3)cn(Cc3ccc(-c4ccccc4-c4nn[nH]n4)cc3)c2s1. The number of aromatic amines is 1. The second-order valence-electron chi connectivity index (χ2n) is 9.08. The molecule has 0 aliphatic heterocycles. The number of rotatable bonds is 7. The van der Waals surface area contributed by atoms with E-state index in [1.165, 1.54) is 0 Å². The molecule has 6 aromatic rings. The Balaban J connectivity index is 1.35. The minimum Gasteiger partial charge on any atom is -0.334 e. The number of pyridine rings is 1. The van der Waals surface area contributed by atoms with Crippen LogP contribution in [0.25, 0.3) is 32.7 Å². The van der Waals surface area contributed by atoms with Crippen molar-refractivity contribution in [3.63, 3.8) is 0 Å². The summed E-state index contributed by atoms with van der Waals surface area (Å²) in [6, 6.07) is 27.2. The summed E-state index contributed by atoms with van der Waals surface area (Å²) in [4.78, 5) is 28.5. The maximum Gasteiger partial charge on any atom is 0.261 e. The lowest BCUT2D eigenvalue weighted by Gasteiger charge is -2.13. The number of fused-ring (bicyclic) bond motifs is 1. The fourth-order valence-electron chi connectivity index (χ4n) is 4.59. The number of carbonyl (C=O) groups is 1. The number of nitrogens with zero attached hydrogens (tertiary/aromatic N) is 4. The van der Waals surface area contributed by atoms with E-state index in [9.17, 15) is 9.59 Å². The fourth-order valence-corrected chi connectivity index (χ4v) is 5.66. The molecule has 0 bridgehead atoms. The topological polar surface area (TPSA) is 106 Å². The molecule has 39 heavy (non-hydrogen) atoms. The number of thiophene rings is 1. The average Bonchev–Trinajstić information content (AvgIpc) is 3.67. The summed E-state index contributed by atoms with van der Waals surface area (Å²) in [6.45, 7) is 2.58. The van der Waals surface area contributed by atoms with Gasteiger partial charge in [-0.15, -0.1) is 21.5 Å². The highest BCUT2D eigenvalue weighted by atomic mass is 32.1. The summed E-state index contributed by atoms with van der Waals surface area (Å²) >= 11 is 1.59. The number of para-hydroxylation sites is 1. The first-order chi connectivity index (χ1) is 19.1. The van der Waals surface area contributed by atoms with Crippen LogP contribution in [0.2, 0.25) is 0 Å². The van der Waals surface area contributed by atoms with Crippen LogP contribution >= 0.6 is 11.3 Å². The van der Waals surface area contributed by atoms with E-state index < -0.39 is 5.91 Å². The van der Waals surface area contributed by atoms with Crippen molar-refractivity contribution in [2.75, 3.05) is 5.32 Å². The van der Waals surface area contributed by atoms with E-state index in [0.717, 1.165) is 38.4 Å². The van der Waals surface area contributed by atoms with Crippen LogP contribution in [0.5, 0.6) is 0 Å². The van der Waals surface area contributed by atoms with Crippen LogP contribution in [0.15, 0.2) is 95.9 Å². The van der Waals surface area contributed by atoms with Crippen LogP contribution in [0, 0.1) is 0 Å². The maximum absolute atomic E-state index is 13.3. The van der Waals surface area contributed by atoms with Crippen molar-refractivity contribution < 1.29 is 4.79 Å². The van der Waals surface area contributed by atoms with Gasteiger partial charge in [0.2, 0.25) is 11.3 Å². The third kappa shape index (κ3) is 4.87. The van der Waals surface area contributed by atoms with Gasteiger partial charge in [0.1, 0.15) is 10.4 Å². The Morgan fingerprint density at radius 3 is 2.44 bits per heavy atom. The molecular weight excluding hydrogens is 508 g/mol. The first-order valence-corrected chi connectivity index (χ1v) is 13.4. The van der Waals surface area contributed by atoms with Crippen LogP contribution in [-0.4, -0.2) is 31.1 Å². The van der Waals surface area contributed by atoms with Gasteiger partial charge in [-0.05, 0) is 46.5 Å². The number of carbonyl (C=O) groups excluding carboxylic acids is 1. The Morgan fingerprint density at radius 1 is 0.974 bits per heavy atom. The van der Waals surface area contributed by atoms with Crippen molar-refractivity contribution in [3.05, 3.63) is 117 Å². The number of H-pyrrole nitrogens is 1. The predicted molar refractivity (Wildman–Crippen MR) is 154 cm³/mol. The van der Waals surface area contributed by atoms with Gasteiger partial charge in [0.05, 0.1) is 5.39 Å². The molecule has 0 atom stereocenters. The van der Waals surface area contributed by atoms with Crippen molar-refractivity contribution in [1.29, 1.82) is 0 Å². The van der Waals surface area contributed by atoms with Gasteiger partial charge in [0.25, 0.3) is 5.91 Å². The number of hydrogen-bond acceptors (Lipinski definition) is 6. The summed E-state index contributed by atoms with van der Waals surface area (Å²) in [5.41, 5.74) is 4.47. The van der Waals surface area contributed by atoms with E-state index in [1.54, 1.807) is 29.7 Å². The van der Waals surface area contributed by atoms with E-state index in [4.69, 9.17) is 0 Å². The fraction of sp³-hybridized carbons (Fsp3) is 0.100. The summed E-state index contributed by atoms with van der Waals surface area (Å²) in [5, 5.41) is 17.9. The van der Waals surface area contributed by atoms with Gasteiger partial charge < -0.3 is 9.88 Å². The summed E-state index contributed by atoms with van der Waals surface area (Å²) in [6.07, 6.45) is 2.50. The largest absolute Gasteiger partial charge is 0.334 e. The van der Waals surface area contributed by atoms with Gasteiger partial charge >= 0.3 is 0 Å². The van der Waals surface area contributed by atoms with Crippen molar-refractivity contribution in [2.24, 2.45) is 0 Å². The van der Waals surface area contributed by atoms with Crippen LogP contribution < -0.4 is 10.7 Å². The van der Waals surface area contributed by atoms with Crippen LogP contribution in [0.4, 0.5) is 5.69 Å². The first kappa shape index (κ1) is 24.4. The number of aryl methyl sites for hydroxylation is 1. The molecule has 0 radical (unpaired) electrons. The lowest BCUT2D eigenvalue weighted by Crippen LogP contribution is -2.23. The molecule has 192 valence electrons. The summed E-state index contributed by atoms with van der Waals surface area (Å²) in [5.74, 6) is 0.121. The lowest BCUT2D eigenvalue weighted by atomic mass is 9.98. The highest BCUT2D eigenvalue weighted by molar-refractivity contribution is 7.18. The quantitative estimate of drug-likeness (QED) is 0.271. The Labute approximate surface area is 228 Å². The predicted octanol–water partition coefficient (Wildman–Crippen LogP) is 5.77. The second-order valence-corrected chi connectivity index (χ2v) is 10.2. The molecule has 1 amide bonds. The number of aromatic nitrogens is 5. The third-order valence-electron chi connectivity index (χ3n) is 6.55. The van der Waals surface area contributed by atoms with Crippen molar-refractivity contribution >= 4 is 33.1 Å². The average molecular weight is 533 g/mol. The molecule has 8 nitrogen and oxygen atoms in total. The Morgan fingerprint density at radius 2 is 1.72 bits per heavy atom. The van der Waals surface area contributed by atoms with Gasteiger partial charge in [-0.2, -0.15) is 5.21 Å². The minimum absolute atomic E-state index is 0.123. The smallest absolute Gasteiger partial charge is 0.261 e. The molecule has 0 spiro atoms. The molecule has 0 unspecified atom stereocenters. The van der Waals surface area contributed by atoms with E-state index in [0.29, 0.717) is 23.4 Å². The molecule has 3 heterocycles. The molecular formula is C30H24N6O2S. The molecule has 9 heteroatoms. The third-order valence-corrected chi connectivity index (χ3v) is 7.87. The van der Waals surface area contributed by atoms with Crippen LogP contribution in [-0.2, 0) is 13.0 Å². The van der Waals surface area contributed by atoms with Crippen LogP contribution in [0.1, 0.15) is 27.7 Å². The Kier molecular flexibility index (Phi) is 6.56. The molecule has 0 saturated heterocycles. The van der Waals surface area contributed by atoms with Gasteiger partial charge in [0, 0.05) is 28.9 Å². The van der Waals surface area contributed by atoms with Crippen molar-refractivity contribution in [2.45, 2.75) is 19.9 Å².